The molecule has 102 valence electrons. The zero-order valence-corrected chi connectivity index (χ0v) is 11.2. The molecule has 0 aliphatic carbocycles. The molecule has 19 heavy (non-hydrogen) atoms. The number of aliphatic carboxylic acids is 1. The number of primary amides is 1. The first kappa shape index (κ1) is 14.8. The van der Waals surface area contributed by atoms with E-state index in [-0.39, 0.29) is 12.2 Å². The lowest BCUT2D eigenvalue weighted by molar-refractivity contribution is -0.132. The first-order valence-corrected chi connectivity index (χ1v) is 5.76. The van der Waals surface area contributed by atoms with E-state index in [1.807, 2.05) is 13.8 Å². The van der Waals surface area contributed by atoms with Gasteiger partial charge in [-0.2, -0.15) is 0 Å². The van der Waals surface area contributed by atoms with Gasteiger partial charge in [0.15, 0.2) is 0 Å². The molecule has 0 fully saturated rings. The average Bonchev–Trinajstić information content (AvgIpc) is 2.31. The molecule has 5 nitrogen and oxygen atoms in total. The number of hydrogen-bond acceptors (Lipinski definition) is 3. The molecule has 0 aliphatic heterocycles. The third-order valence-corrected chi connectivity index (χ3v) is 2.70. The maximum absolute atomic E-state index is 11.1. The highest BCUT2D eigenvalue weighted by atomic mass is 16.5. The maximum atomic E-state index is 11.1. The van der Waals surface area contributed by atoms with Gasteiger partial charge in [0.2, 0.25) is 5.91 Å². The second-order valence-electron chi connectivity index (χ2n) is 4.31. The van der Waals surface area contributed by atoms with Crippen molar-refractivity contribution in [1.82, 2.24) is 0 Å². The summed E-state index contributed by atoms with van der Waals surface area (Å²) in [6.07, 6.45) is 1.49. The Balaban J connectivity index is 2.88. The summed E-state index contributed by atoms with van der Waals surface area (Å²) in [4.78, 5) is 21.7. The topological polar surface area (TPSA) is 89.6 Å². The van der Waals surface area contributed by atoms with Gasteiger partial charge in [0.1, 0.15) is 12.4 Å². The van der Waals surface area contributed by atoms with Gasteiger partial charge < -0.3 is 15.6 Å². The predicted molar refractivity (Wildman–Crippen MR) is 71.3 cm³/mol. The average molecular weight is 263 g/mol. The van der Waals surface area contributed by atoms with Gasteiger partial charge in [-0.3, -0.25) is 4.79 Å². The minimum absolute atomic E-state index is 0.162. The van der Waals surface area contributed by atoms with Gasteiger partial charge in [0.25, 0.3) is 0 Å². The van der Waals surface area contributed by atoms with Gasteiger partial charge in [-0.25, -0.2) is 4.79 Å². The summed E-state index contributed by atoms with van der Waals surface area (Å²) in [5.41, 5.74) is 7.45. The molecule has 0 atom stereocenters. The first-order valence-electron chi connectivity index (χ1n) is 5.76. The minimum Gasteiger partial charge on any atom is -0.489 e. The zero-order chi connectivity index (χ0) is 14.6. The SMILES string of the molecule is CC(=CCOc1c(C)cc(C(N)=O)cc1C)C(=O)O. The molecule has 0 radical (unpaired) electrons. The number of rotatable bonds is 5. The molecule has 0 heterocycles. The number of aryl methyl sites for hydroxylation is 2. The fourth-order valence-corrected chi connectivity index (χ4v) is 1.66. The number of ether oxygens (including phenoxy) is 1. The number of nitrogens with two attached hydrogens (primary N) is 1. The van der Waals surface area contributed by atoms with Crippen molar-refractivity contribution in [2.24, 2.45) is 5.73 Å². The molecule has 0 aliphatic rings. The van der Waals surface area contributed by atoms with Crippen LogP contribution in [0.4, 0.5) is 0 Å². The lowest BCUT2D eigenvalue weighted by atomic mass is 10.1. The van der Waals surface area contributed by atoms with Gasteiger partial charge in [0.05, 0.1) is 0 Å². The van der Waals surface area contributed by atoms with Crippen LogP contribution in [0.25, 0.3) is 0 Å². The summed E-state index contributed by atoms with van der Waals surface area (Å²) < 4.78 is 5.53. The van der Waals surface area contributed by atoms with E-state index >= 15 is 0 Å². The van der Waals surface area contributed by atoms with Crippen molar-refractivity contribution in [3.8, 4) is 5.75 Å². The van der Waals surface area contributed by atoms with Crippen LogP contribution >= 0.6 is 0 Å². The van der Waals surface area contributed by atoms with Crippen LogP contribution in [0.15, 0.2) is 23.8 Å². The number of carboxylic acid groups (broad SMARTS) is 1. The highest BCUT2D eigenvalue weighted by Crippen LogP contribution is 2.24. The van der Waals surface area contributed by atoms with Crippen LogP contribution in [0.2, 0.25) is 0 Å². The normalized spacial score (nSPS) is 11.2. The van der Waals surface area contributed by atoms with Gasteiger partial charge in [0, 0.05) is 11.1 Å². The second kappa shape index (κ2) is 6.04. The minimum atomic E-state index is -0.971. The van der Waals surface area contributed by atoms with Gasteiger partial charge in [-0.1, -0.05) is 0 Å². The van der Waals surface area contributed by atoms with Crippen molar-refractivity contribution in [2.75, 3.05) is 6.61 Å². The van der Waals surface area contributed by atoms with E-state index < -0.39 is 11.9 Å². The van der Waals surface area contributed by atoms with Crippen LogP contribution < -0.4 is 10.5 Å². The molecule has 1 rings (SSSR count). The Labute approximate surface area is 111 Å². The molecule has 0 spiro atoms. The molecular weight excluding hydrogens is 246 g/mol. The summed E-state index contributed by atoms with van der Waals surface area (Å²) in [6, 6.07) is 3.30. The summed E-state index contributed by atoms with van der Waals surface area (Å²) in [6.45, 7) is 5.28. The Bertz CT molecular complexity index is 523. The van der Waals surface area contributed by atoms with Crippen LogP contribution in [-0.2, 0) is 4.79 Å². The van der Waals surface area contributed by atoms with Crippen molar-refractivity contribution in [3.05, 3.63) is 40.5 Å². The third kappa shape index (κ3) is 3.84. The fraction of sp³-hybridized carbons (Fsp3) is 0.286. The molecular formula is C14H17NO4. The molecule has 0 aromatic heterocycles. The molecule has 3 N–H and O–H groups in total. The monoisotopic (exact) mass is 263 g/mol. The number of carboxylic acids is 1. The lowest BCUT2D eigenvalue weighted by Crippen LogP contribution is -2.12. The quantitative estimate of drug-likeness (QED) is 0.793. The Hall–Kier alpha value is -2.30. The van der Waals surface area contributed by atoms with Crippen molar-refractivity contribution in [2.45, 2.75) is 20.8 Å². The Morgan fingerprint density at radius 1 is 1.32 bits per heavy atom. The van der Waals surface area contributed by atoms with E-state index in [4.69, 9.17) is 15.6 Å². The molecule has 5 heteroatoms. The van der Waals surface area contributed by atoms with Crippen molar-refractivity contribution in [1.29, 1.82) is 0 Å². The summed E-state index contributed by atoms with van der Waals surface area (Å²) in [5, 5.41) is 8.71. The van der Waals surface area contributed by atoms with Gasteiger partial charge >= 0.3 is 5.97 Å². The van der Waals surface area contributed by atoms with E-state index in [0.29, 0.717) is 11.3 Å². The van der Waals surface area contributed by atoms with Crippen LogP contribution in [-0.4, -0.2) is 23.6 Å². The maximum Gasteiger partial charge on any atom is 0.331 e. The van der Waals surface area contributed by atoms with E-state index in [0.717, 1.165) is 11.1 Å². The van der Waals surface area contributed by atoms with Crippen LogP contribution in [0.5, 0.6) is 5.75 Å². The standard InChI is InChI=1S/C14H17NO4/c1-8(14(17)18)4-5-19-12-9(2)6-11(13(15)16)7-10(12)3/h4,6-7H,5H2,1-3H3,(H2,15,16)(H,17,18). The van der Waals surface area contributed by atoms with E-state index in [1.165, 1.54) is 13.0 Å². The predicted octanol–water partition coefficient (Wildman–Crippen LogP) is 1.81. The summed E-state index contributed by atoms with van der Waals surface area (Å²) in [7, 11) is 0. The van der Waals surface area contributed by atoms with E-state index in [9.17, 15) is 9.59 Å². The smallest absolute Gasteiger partial charge is 0.331 e. The molecule has 1 aromatic rings. The molecule has 1 aromatic carbocycles. The van der Waals surface area contributed by atoms with Crippen LogP contribution in [0, 0.1) is 13.8 Å². The number of carbonyl (C=O) groups excluding carboxylic acids is 1. The third-order valence-electron chi connectivity index (χ3n) is 2.70. The number of carbonyl (C=O) groups is 2. The van der Waals surface area contributed by atoms with Crippen LogP contribution in [0.1, 0.15) is 28.4 Å². The van der Waals surface area contributed by atoms with E-state index in [1.54, 1.807) is 12.1 Å². The number of hydrogen-bond donors (Lipinski definition) is 2. The van der Waals surface area contributed by atoms with Crippen molar-refractivity contribution in [3.63, 3.8) is 0 Å². The summed E-state index contributed by atoms with van der Waals surface area (Å²) in [5.74, 6) is -0.820. The molecule has 0 saturated heterocycles. The van der Waals surface area contributed by atoms with Crippen molar-refractivity contribution < 1.29 is 19.4 Å². The molecule has 0 unspecified atom stereocenters. The Kier molecular flexibility index (Phi) is 4.69. The zero-order valence-electron chi connectivity index (χ0n) is 11.2. The first-order chi connectivity index (χ1) is 8.82. The highest BCUT2D eigenvalue weighted by Gasteiger charge is 2.09. The number of benzene rings is 1. The Morgan fingerprint density at radius 3 is 2.26 bits per heavy atom. The molecule has 0 saturated carbocycles. The fourth-order valence-electron chi connectivity index (χ4n) is 1.66. The van der Waals surface area contributed by atoms with Crippen LogP contribution in [0.3, 0.4) is 0 Å². The van der Waals surface area contributed by atoms with Gasteiger partial charge in [-0.05, 0) is 50.1 Å². The highest BCUT2D eigenvalue weighted by molar-refractivity contribution is 5.93. The molecule has 0 bridgehead atoms. The second-order valence-corrected chi connectivity index (χ2v) is 4.31. The van der Waals surface area contributed by atoms with Gasteiger partial charge in [-0.15, -0.1) is 0 Å². The lowest BCUT2D eigenvalue weighted by Gasteiger charge is -2.12. The van der Waals surface area contributed by atoms with Crippen molar-refractivity contribution >= 4 is 11.9 Å². The number of amides is 1. The van der Waals surface area contributed by atoms with E-state index in [2.05, 4.69) is 0 Å². The largest absolute Gasteiger partial charge is 0.489 e. The Morgan fingerprint density at radius 2 is 1.84 bits per heavy atom. The molecule has 1 amide bonds. The summed E-state index contributed by atoms with van der Waals surface area (Å²) >= 11 is 0.